The van der Waals surface area contributed by atoms with Crippen molar-refractivity contribution in [2.75, 3.05) is 19.6 Å². The van der Waals surface area contributed by atoms with Crippen LogP contribution in [0.2, 0.25) is 0 Å². The second-order valence-corrected chi connectivity index (χ2v) is 2.83. The molecule has 67 valence electrons. The van der Waals surface area contributed by atoms with Gasteiger partial charge in [0.25, 0.3) is 0 Å². The number of hydrogen-bond donors (Lipinski definition) is 1. The van der Waals surface area contributed by atoms with Gasteiger partial charge in [0.15, 0.2) is 0 Å². The molecule has 0 rings (SSSR count). The first-order chi connectivity index (χ1) is 5.26. The Morgan fingerprint density at radius 3 is 2.27 bits per heavy atom. The molecule has 1 unspecified atom stereocenters. The molecule has 1 atom stereocenters. The van der Waals surface area contributed by atoms with Gasteiger partial charge in [0.2, 0.25) is 0 Å². The zero-order valence-corrected chi connectivity index (χ0v) is 8.01. The van der Waals surface area contributed by atoms with Crippen molar-refractivity contribution < 1.29 is 0 Å². The van der Waals surface area contributed by atoms with E-state index in [2.05, 4.69) is 32.1 Å². The maximum absolute atomic E-state index is 5.39. The van der Waals surface area contributed by atoms with Crippen LogP contribution in [0.4, 0.5) is 0 Å². The molecular formula is C9H21N2. The van der Waals surface area contributed by atoms with Crippen molar-refractivity contribution in [3.8, 4) is 0 Å². The number of nitrogens with two attached hydrogens (primary N) is 1. The summed E-state index contributed by atoms with van der Waals surface area (Å²) in [5.41, 5.74) is 5.39. The van der Waals surface area contributed by atoms with Crippen molar-refractivity contribution in [2.24, 2.45) is 5.73 Å². The maximum Gasteiger partial charge on any atom is 0.00699 e. The average Bonchev–Trinajstić information content (AvgIpc) is 2.03. The summed E-state index contributed by atoms with van der Waals surface area (Å²) in [6.45, 7) is 9.61. The molecule has 0 spiro atoms. The van der Waals surface area contributed by atoms with Crippen molar-refractivity contribution in [2.45, 2.75) is 33.2 Å². The van der Waals surface area contributed by atoms with Crippen LogP contribution in [0.5, 0.6) is 0 Å². The molecule has 0 saturated carbocycles. The lowest BCUT2D eigenvalue weighted by atomic mass is 10.1. The summed E-state index contributed by atoms with van der Waals surface area (Å²) in [4.78, 5) is 2.44. The van der Waals surface area contributed by atoms with E-state index < -0.39 is 0 Å². The predicted octanol–water partition coefficient (Wildman–Crippen LogP) is 1.27. The first-order valence-electron chi connectivity index (χ1n) is 4.52. The van der Waals surface area contributed by atoms with Crippen LogP contribution in [0, 0.1) is 6.42 Å². The monoisotopic (exact) mass is 157 g/mol. The Hall–Kier alpha value is -0.0800. The highest BCUT2D eigenvalue weighted by molar-refractivity contribution is 4.74. The normalized spacial score (nSPS) is 13.9. The first kappa shape index (κ1) is 10.9. The van der Waals surface area contributed by atoms with Crippen LogP contribution >= 0.6 is 0 Å². The zero-order chi connectivity index (χ0) is 8.69. The number of hydrogen-bond acceptors (Lipinski definition) is 2. The lowest BCUT2D eigenvalue weighted by Crippen LogP contribution is -2.33. The summed E-state index contributed by atoms with van der Waals surface area (Å²) < 4.78 is 0. The molecule has 0 amide bonds. The minimum Gasteiger partial charge on any atom is -0.330 e. The van der Waals surface area contributed by atoms with E-state index in [9.17, 15) is 0 Å². The van der Waals surface area contributed by atoms with Crippen molar-refractivity contribution in [3.05, 3.63) is 6.42 Å². The molecule has 0 aliphatic heterocycles. The van der Waals surface area contributed by atoms with Gasteiger partial charge in [0.05, 0.1) is 0 Å². The minimum atomic E-state index is 0.647. The fourth-order valence-corrected chi connectivity index (χ4v) is 1.33. The van der Waals surface area contributed by atoms with Crippen LogP contribution < -0.4 is 5.73 Å². The van der Waals surface area contributed by atoms with Crippen LogP contribution in [0.15, 0.2) is 0 Å². The van der Waals surface area contributed by atoms with Gasteiger partial charge in [-0.1, -0.05) is 13.8 Å². The minimum absolute atomic E-state index is 0.647. The van der Waals surface area contributed by atoms with E-state index in [4.69, 9.17) is 5.73 Å². The van der Waals surface area contributed by atoms with Crippen molar-refractivity contribution >= 4 is 0 Å². The van der Waals surface area contributed by atoms with Gasteiger partial charge in [-0.25, -0.2) is 0 Å². The molecule has 0 aliphatic rings. The largest absolute Gasteiger partial charge is 0.330 e. The molecule has 2 N–H and O–H groups in total. The molecule has 1 radical (unpaired) electrons. The topological polar surface area (TPSA) is 29.3 Å². The van der Waals surface area contributed by atoms with Gasteiger partial charge in [-0.05, 0) is 39.4 Å². The maximum atomic E-state index is 5.39. The van der Waals surface area contributed by atoms with Gasteiger partial charge in [-0.3, -0.25) is 0 Å². The molecular weight excluding hydrogens is 136 g/mol. The molecule has 0 heterocycles. The second kappa shape index (κ2) is 6.62. The average molecular weight is 157 g/mol. The standard InChI is InChI=1S/C9H21N2/c1-4-11(5-2)9(3)7-6-8-10/h6,9H,4-5,7-8,10H2,1-3H3. The third kappa shape index (κ3) is 4.38. The van der Waals surface area contributed by atoms with Crippen LogP contribution in [-0.4, -0.2) is 30.6 Å². The fourth-order valence-electron chi connectivity index (χ4n) is 1.33. The number of rotatable bonds is 6. The summed E-state index contributed by atoms with van der Waals surface area (Å²) in [6.07, 6.45) is 3.25. The molecule has 0 fully saturated rings. The highest BCUT2D eigenvalue weighted by Gasteiger charge is 2.07. The number of nitrogens with zero attached hydrogens (tertiary/aromatic N) is 1. The Bertz CT molecular complexity index is 79.6. The van der Waals surface area contributed by atoms with E-state index in [1.54, 1.807) is 0 Å². The quantitative estimate of drug-likeness (QED) is 0.629. The molecule has 2 heteroatoms. The fraction of sp³-hybridized carbons (Fsp3) is 0.889. The lowest BCUT2D eigenvalue weighted by molar-refractivity contribution is 0.229. The summed E-state index contributed by atoms with van der Waals surface area (Å²) in [5.74, 6) is 0. The molecule has 11 heavy (non-hydrogen) atoms. The van der Waals surface area contributed by atoms with Gasteiger partial charge < -0.3 is 10.6 Å². The first-order valence-corrected chi connectivity index (χ1v) is 4.52. The van der Waals surface area contributed by atoms with Crippen LogP contribution in [0.25, 0.3) is 0 Å². The van der Waals surface area contributed by atoms with Crippen molar-refractivity contribution in [3.63, 3.8) is 0 Å². The van der Waals surface area contributed by atoms with E-state index in [1.165, 1.54) is 0 Å². The summed E-state index contributed by atoms with van der Waals surface area (Å²) in [7, 11) is 0. The van der Waals surface area contributed by atoms with Crippen molar-refractivity contribution in [1.29, 1.82) is 0 Å². The molecule has 0 saturated heterocycles. The highest BCUT2D eigenvalue weighted by Crippen LogP contribution is 2.03. The Morgan fingerprint density at radius 1 is 1.36 bits per heavy atom. The second-order valence-electron chi connectivity index (χ2n) is 2.83. The van der Waals surface area contributed by atoms with Crippen LogP contribution in [-0.2, 0) is 0 Å². The summed E-state index contributed by atoms with van der Waals surface area (Å²) in [5, 5.41) is 0. The molecule has 0 bridgehead atoms. The Morgan fingerprint density at radius 2 is 1.91 bits per heavy atom. The predicted molar refractivity (Wildman–Crippen MR) is 50.4 cm³/mol. The van der Waals surface area contributed by atoms with E-state index in [1.807, 2.05) is 0 Å². The SMILES string of the molecule is CCN(CC)C(C)C[CH]CN. The summed E-state index contributed by atoms with van der Waals surface area (Å²) >= 11 is 0. The van der Waals surface area contributed by atoms with E-state index in [-0.39, 0.29) is 0 Å². The molecule has 0 aromatic carbocycles. The van der Waals surface area contributed by atoms with Gasteiger partial charge in [-0.15, -0.1) is 0 Å². The van der Waals surface area contributed by atoms with Crippen molar-refractivity contribution in [1.82, 2.24) is 4.90 Å². The van der Waals surface area contributed by atoms with Crippen LogP contribution in [0.1, 0.15) is 27.2 Å². The Labute approximate surface area is 70.8 Å². The van der Waals surface area contributed by atoms with Gasteiger partial charge in [-0.2, -0.15) is 0 Å². The van der Waals surface area contributed by atoms with E-state index >= 15 is 0 Å². The Kier molecular flexibility index (Phi) is 6.57. The van der Waals surface area contributed by atoms with Gasteiger partial charge >= 0.3 is 0 Å². The zero-order valence-electron chi connectivity index (χ0n) is 8.01. The highest BCUT2D eigenvalue weighted by atomic mass is 15.1. The lowest BCUT2D eigenvalue weighted by Gasteiger charge is -2.25. The molecule has 2 nitrogen and oxygen atoms in total. The van der Waals surface area contributed by atoms with Gasteiger partial charge in [0.1, 0.15) is 0 Å². The van der Waals surface area contributed by atoms with E-state index in [0.717, 1.165) is 19.5 Å². The third-order valence-electron chi connectivity index (χ3n) is 2.11. The van der Waals surface area contributed by atoms with Crippen LogP contribution in [0.3, 0.4) is 0 Å². The smallest absolute Gasteiger partial charge is 0.00699 e. The van der Waals surface area contributed by atoms with Gasteiger partial charge in [0, 0.05) is 6.04 Å². The molecule has 0 aliphatic carbocycles. The third-order valence-corrected chi connectivity index (χ3v) is 2.11. The summed E-state index contributed by atoms with van der Waals surface area (Å²) in [6, 6.07) is 0.647. The van der Waals surface area contributed by atoms with E-state index in [0.29, 0.717) is 12.6 Å². The Balaban J connectivity index is 3.51. The molecule has 0 aromatic rings. The molecule has 0 aromatic heterocycles.